The molecule has 0 bridgehead atoms. The Morgan fingerprint density at radius 3 is 2.40 bits per heavy atom. The van der Waals surface area contributed by atoms with E-state index in [0.29, 0.717) is 0 Å². The summed E-state index contributed by atoms with van der Waals surface area (Å²) >= 11 is 1.52. The van der Waals surface area contributed by atoms with E-state index in [-0.39, 0.29) is 5.56 Å². The van der Waals surface area contributed by atoms with Crippen molar-refractivity contribution < 1.29 is 8.78 Å². The second-order valence-electron chi connectivity index (χ2n) is 4.42. The molecule has 0 saturated heterocycles. The molecule has 3 aromatic rings. The molecule has 0 spiro atoms. The fourth-order valence-corrected chi connectivity index (χ4v) is 3.32. The summed E-state index contributed by atoms with van der Waals surface area (Å²) in [6.45, 7) is 0. The lowest BCUT2D eigenvalue weighted by Crippen LogP contribution is -2.30. The van der Waals surface area contributed by atoms with E-state index in [1.165, 1.54) is 29.5 Å². The van der Waals surface area contributed by atoms with E-state index in [1.54, 1.807) is 0 Å². The molecule has 20 heavy (non-hydrogen) atoms. The number of nitrogens with two attached hydrogens (primary N) is 1. The van der Waals surface area contributed by atoms with Crippen LogP contribution < -0.4 is 11.3 Å². The van der Waals surface area contributed by atoms with Gasteiger partial charge in [0.25, 0.3) is 0 Å². The van der Waals surface area contributed by atoms with Crippen LogP contribution in [0.1, 0.15) is 17.2 Å². The molecule has 102 valence electrons. The quantitative estimate of drug-likeness (QED) is 0.570. The van der Waals surface area contributed by atoms with Crippen molar-refractivity contribution in [3.63, 3.8) is 0 Å². The van der Waals surface area contributed by atoms with Crippen molar-refractivity contribution in [1.82, 2.24) is 5.43 Å². The van der Waals surface area contributed by atoms with Gasteiger partial charge in [-0.1, -0.05) is 24.3 Å². The minimum atomic E-state index is -0.715. The summed E-state index contributed by atoms with van der Waals surface area (Å²) < 4.78 is 28.9. The van der Waals surface area contributed by atoms with Crippen LogP contribution >= 0.6 is 11.3 Å². The number of halogens is 2. The van der Waals surface area contributed by atoms with Gasteiger partial charge in [0.15, 0.2) is 0 Å². The maximum atomic E-state index is 13.9. The van der Waals surface area contributed by atoms with Crippen LogP contribution in [-0.4, -0.2) is 0 Å². The third-order valence-corrected chi connectivity index (χ3v) is 4.26. The van der Waals surface area contributed by atoms with Crippen LogP contribution in [0.25, 0.3) is 10.1 Å². The molecule has 3 N–H and O–H groups in total. The second-order valence-corrected chi connectivity index (χ2v) is 5.33. The first-order valence-electron chi connectivity index (χ1n) is 6.08. The van der Waals surface area contributed by atoms with Crippen molar-refractivity contribution in [3.05, 3.63) is 70.6 Å². The number of hydrazine groups is 1. The molecule has 1 atom stereocenters. The normalized spacial score (nSPS) is 12.8. The molecule has 0 aliphatic rings. The lowest BCUT2D eigenvalue weighted by molar-refractivity contribution is 0.512. The Morgan fingerprint density at radius 2 is 1.70 bits per heavy atom. The number of fused-ring (bicyclic) bond motifs is 1. The summed E-state index contributed by atoms with van der Waals surface area (Å²) in [5.41, 5.74) is 3.24. The Hall–Kier alpha value is -1.82. The SMILES string of the molecule is NNC(c1c(F)cccc1F)c1csc2ccccc12. The first-order valence-corrected chi connectivity index (χ1v) is 6.96. The summed E-state index contributed by atoms with van der Waals surface area (Å²) in [5.74, 6) is 4.33. The molecule has 0 radical (unpaired) electrons. The molecule has 3 rings (SSSR count). The van der Waals surface area contributed by atoms with Gasteiger partial charge >= 0.3 is 0 Å². The third-order valence-electron chi connectivity index (χ3n) is 3.28. The Labute approximate surface area is 118 Å². The fourth-order valence-electron chi connectivity index (χ4n) is 2.34. The Morgan fingerprint density at radius 1 is 1.00 bits per heavy atom. The first kappa shape index (κ1) is 13.2. The first-order chi connectivity index (χ1) is 9.72. The molecule has 0 fully saturated rings. The fraction of sp³-hybridized carbons (Fsp3) is 0.0667. The maximum Gasteiger partial charge on any atom is 0.131 e. The standard InChI is InChI=1S/C15H12F2N2S/c16-11-5-3-6-12(17)14(11)15(19-18)10-8-20-13-7-2-1-4-9(10)13/h1-8,15,19H,18H2. The van der Waals surface area contributed by atoms with Crippen LogP contribution in [0.2, 0.25) is 0 Å². The number of hydrogen-bond donors (Lipinski definition) is 2. The van der Waals surface area contributed by atoms with Crippen molar-refractivity contribution in [2.45, 2.75) is 6.04 Å². The van der Waals surface area contributed by atoms with Gasteiger partial charge in [0.2, 0.25) is 0 Å². The molecule has 5 heteroatoms. The zero-order valence-corrected chi connectivity index (χ0v) is 11.3. The highest BCUT2D eigenvalue weighted by molar-refractivity contribution is 7.17. The van der Waals surface area contributed by atoms with Gasteiger partial charge in [-0.2, -0.15) is 0 Å². The van der Waals surface area contributed by atoms with Crippen LogP contribution in [0.5, 0.6) is 0 Å². The third kappa shape index (κ3) is 2.10. The summed E-state index contributed by atoms with van der Waals surface area (Å²) in [6, 6.07) is 10.8. The number of hydrogen-bond acceptors (Lipinski definition) is 3. The predicted octanol–water partition coefficient (Wildman–Crippen LogP) is 3.73. The summed E-state index contributed by atoms with van der Waals surface area (Å²) in [5, 5.41) is 2.82. The van der Waals surface area contributed by atoms with Crippen LogP contribution in [-0.2, 0) is 0 Å². The van der Waals surface area contributed by atoms with Gasteiger partial charge in [0, 0.05) is 10.3 Å². The summed E-state index contributed by atoms with van der Waals surface area (Å²) in [6.07, 6.45) is 0. The molecule has 1 unspecified atom stereocenters. The number of thiophene rings is 1. The highest BCUT2D eigenvalue weighted by Crippen LogP contribution is 2.34. The Balaban J connectivity index is 2.20. The van der Waals surface area contributed by atoms with Crippen LogP contribution in [0.4, 0.5) is 8.78 Å². The molecule has 1 aromatic heterocycles. The van der Waals surface area contributed by atoms with Crippen molar-refractivity contribution in [3.8, 4) is 0 Å². The molecule has 2 nitrogen and oxygen atoms in total. The topological polar surface area (TPSA) is 38.0 Å². The maximum absolute atomic E-state index is 13.9. The lowest BCUT2D eigenvalue weighted by atomic mass is 9.98. The largest absolute Gasteiger partial charge is 0.271 e. The lowest BCUT2D eigenvalue weighted by Gasteiger charge is -2.17. The van der Waals surface area contributed by atoms with Crippen LogP contribution in [0, 0.1) is 11.6 Å². The van der Waals surface area contributed by atoms with Crippen molar-refractivity contribution >= 4 is 21.4 Å². The van der Waals surface area contributed by atoms with E-state index in [4.69, 9.17) is 5.84 Å². The molecule has 0 amide bonds. The zero-order valence-electron chi connectivity index (χ0n) is 10.4. The molecule has 2 aromatic carbocycles. The highest BCUT2D eigenvalue weighted by Gasteiger charge is 2.23. The molecule has 0 aliphatic heterocycles. The van der Waals surface area contributed by atoms with Gasteiger partial charge in [-0.3, -0.25) is 5.84 Å². The number of benzene rings is 2. The number of rotatable bonds is 3. The van der Waals surface area contributed by atoms with E-state index >= 15 is 0 Å². The van der Waals surface area contributed by atoms with Gasteiger partial charge in [0.1, 0.15) is 11.6 Å². The van der Waals surface area contributed by atoms with Crippen molar-refractivity contribution in [2.24, 2.45) is 5.84 Å². The van der Waals surface area contributed by atoms with Crippen molar-refractivity contribution in [2.75, 3.05) is 0 Å². The monoisotopic (exact) mass is 290 g/mol. The Kier molecular flexibility index (Phi) is 3.48. The number of nitrogens with one attached hydrogen (secondary N) is 1. The zero-order chi connectivity index (χ0) is 14.1. The van der Waals surface area contributed by atoms with E-state index in [9.17, 15) is 8.78 Å². The second kappa shape index (κ2) is 5.28. The van der Waals surface area contributed by atoms with Crippen LogP contribution in [0.15, 0.2) is 47.8 Å². The van der Waals surface area contributed by atoms with Crippen molar-refractivity contribution in [1.29, 1.82) is 0 Å². The smallest absolute Gasteiger partial charge is 0.131 e. The average Bonchev–Trinajstić information content (AvgIpc) is 2.87. The van der Waals surface area contributed by atoms with Crippen LogP contribution in [0.3, 0.4) is 0 Å². The minimum Gasteiger partial charge on any atom is -0.271 e. The predicted molar refractivity (Wildman–Crippen MR) is 77.3 cm³/mol. The average molecular weight is 290 g/mol. The molecular formula is C15H12F2N2S. The summed E-state index contributed by atoms with van der Waals surface area (Å²) in [4.78, 5) is 0. The van der Waals surface area contributed by atoms with Gasteiger partial charge in [0.05, 0.1) is 6.04 Å². The Bertz CT molecular complexity index is 734. The van der Waals surface area contributed by atoms with E-state index in [0.717, 1.165) is 15.6 Å². The van der Waals surface area contributed by atoms with Gasteiger partial charge in [-0.05, 0) is 34.5 Å². The van der Waals surface area contributed by atoms with E-state index in [1.807, 2.05) is 29.6 Å². The van der Waals surface area contributed by atoms with E-state index < -0.39 is 17.7 Å². The highest BCUT2D eigenvalue weighted by atomic mass is 32.1. The molecular weight excluding hydrogens is 278 g/mol. The van der Waals surface area contributed by atoms with Gasteiger partial charge in [-0.15, -0.1) is 11.3 Å². The van der Waals surface area contributed by atoms with E-state index in [2.05, 4.69) is 5.43 Å². The summed E-state index contributed by atoms with van der Waals surface area (Å²) in [7, 11) is 0. The molecule has 0 saturated carbocycles. The van der Waals surface area contributed by atoms with Gasteiger partial charge in [-0.25, -0.2) is 14.2 Å². The molecule has 0 aliphatic carbocycles. The molecule has 1 heterocycles. The van der Waals surface area contributed by atoms with Gasteiger partial charge < -0.3 is 0 Å². The minimum absolute atomic E-state index is 0.0569.